The van der Waals surface area contributed by atoms with Crippen molar-refractivity contribution in [2.75, 3.05) is 79.3 Å². The lowest BCUT2D eigenvalue weighted by Crippen LogP contribution is -2.46. The van der Waals surface area contributed by atoms with E-state index in [1.807, 2.05) is 21.9 Å². The number of benzene rings is 1. The zero-order valence-corrected chi connectivity index (χ0v) is 26.1. The van der Waals surface area contributed by atoms with Crippen LogP contribution in [-0.2, 0) is 26.0 Å². The molecule has 0 spiro atoms. The lowest BCUT2D eigenvalue weighted by Gasteiger charge is -2.31. The molecule has 1 unspecified atom stereocenters. The molecule has 1 amide bonds. The van der Waals surface area contributed by atoms with E-state index in [9.17, 15) is 23.1 Å². The van der Waals surface area contributed by atoms with Crippen LogP contribution in [0, 0.1) is 5.92 Å². The Hall–Kier alpha value is -2.21. The summed E-state index contributed by atoms with van der Waals surface area (Å²) in [5.74, 6) is -0.930. The topological polar surface area (TPSA) is 107 Å². The van der Waals surface area contributed by atoms with E-state index in [0.29, 0.717) is 45.6 Å². The van der Waals surface area contributed by atoms with Crippen molar-refractivity contribution in [3.05, 3.63) is 29.3 Å². The van der Waals surface area contributed by atoms with Gasteiger partial charge in [-0.05, 0) is 36.5 Å². The quantitative estimate of drug-likeness (QED) is 0.330. The third-order valence-corrected chi connectivity index (χ3v) is 10.7. The number of sulfonamides is 1. The maximum Gasteiger partial charge on any atom is 0.308 e. The van der Waals surface area contributed by atoms with Gasteiger partial charge in [-0.3, -0.25) is 14.5 Å². The molecule has 0 radical (unpaired) electrons. The minimum atomic E-state index is -3.30. The number of carbonyl (C=O) groups is 2. The van der Waals surface area contributed by atoms with Crippen LogP contribution in [-0.4, -0.2) is 129 Å². The van der Waals surface area contributed by atoms with Gasteiger partial charge in [0.15, 0.2) is 0 Å². The van der Waals surface area contributed by atoms with Crippen LogP contribution in [0.5, 0.6) is 5.75 Å². The van der Waals surface area contributed by atoms with Crippen molar-refractivity contribution in [1.29, 1.82) is 0 Å². The average Bonchev–Trinajstić information content (AvgIpc) is 3.60. The van der Waals surface area contributed by atoms with Crippen LogP contribution in [0.2, 0.25) is 0 Å². The third kappa shape index (κ3) is 8.00. The van der Waals surface area contributed by atoms with Gasteiger partial charge in [0.1, 0.15) is 5.75 Å². The van der Waals surface area contributed by atoms with E-state index in [4.69, 9.17) is 4.74 Å². The van der Waals surface area contributed by atoms with Gasteiger partial charge in [0.25, 0.3) is 0 Å². The Morgan fingerprint density at radius 2 is 1.93 bits per heavy atom. The van der Waals surface area contributed by atoms with E-state index in [2.05, 4.69) is 34.1 Å². The number of carboxylic acid groups (broad SMARTS) is 1. The Morgan fingerprint density at radius 1 is 1.17 bits per heavy atom. The molecule has 2 saturated heterocycles. The summed E-state index contributed by atoms with van der Waals surface area (Å²) >= 11 is 0. The lowest BCUT2D eigenvalue weighted by molar-refractivity contribution is -0.870. The highest BCUT2D eigenvalue weighted by Crippen LogP contribution is 2.41. The molecule has 0 aromatic heterocycles. The summed E-state index contributed by atoms with van der Waals surface area (Å²) in [4.78, 5) is 30.5. The number of carboxylic acids is 1. The number of amides is 1. The number of carbonyl (C=O) groups excluding carboxylic acids is 1. The van der Waals surface area contributed by atoms with E-state index >= 15 is 0 Å². The van der Waals surface area contributed by atoms with Crippen molar-refractivity contribution in [2.24, 2.45) is 5.92 Å². The zero-order valence-electron chi connectivity index (χ0n) is 25.3. The van der Waals surface area contributed by atoms with Crippen LogP contribution < -0.4 is 4.74 Å². The van der Waals surface area contributed by atoms with Gasteiger partial charge in [-0.1, -0.05) is 25.5 Å². The van der Waals surface area contributed by atoms with Gasteiger partial charge < -0.3 is 19.2 Å². The van der Waals surface area contributed by atoms with Gasteiger partial charge in [0, 0.05) is 57.5 Å². The molecule has 4 rings (SSSR count). The Balaban J connectivity index is 1.57. The molecular weight excluding hydrogens is 544 g/mol. The van der Waals surface area contributed by atoms with Crippen LogP contribution in [0.15, 0.2) is 18.2 Å². The molecule has 230 valence electrons. The summed E-state index contributed by atoms with van der Waals surface area (Å²) in [6.45, 7) is 6.38. The Morgan fingerprint density at radius 3 is 2.59 bits per heavy atom. The lowest BCUT2D eigenvalue weighted by atomic mass is 9.83. The number of aliphatic carboxylic acids is 1. The predicted molar refractivity (Wildman–Crippen MR) is 158 cm³/mol. The first-order chi connectivity index (χ1) is 19.4. The fraction of sp³-hybridized carbons (Fsp3) is 0.733. The number of unbranched alkanes of at least 4 members (excludes halogenated alkanes) is 1. The first kappa shape index (κ1) is 31.7. The summed E-state index contributed by atoms with van der Waals surface area (Å²) in [6, 6.07) is 5.50. The van der Waals surface area contributed by atoms with E-state index in [1.165, 1.54) is 4.31 Å². The highest BCUT2D eigenvalue weighted by Gasteiger charge is 2.47. The van der Waals surface area contributed by atoms with Crippen LogP contribution in [0.4, 0.5) is 0 Å². The molecule has 3 aliphatic heterocycles. The molecule has 3 atom stereocenters. The van der Waals surface area contributed by atoms with Gasteiger partial charge in [-0.2, -0.15) is 0 Å². The van der Waals surface area contributed by atoms with Crippen molar-refractivity contribution in [1.82, 2.24) is 14.1 Å². The Labute approximate surface area is 245 Å². The number of hydrogen-bond donors (Lipinski definition) is 1. The summed E-state index contributed by atoms with van der Waals surface area (Å²) in [5.41, 5.74) is 2.03. The van der Waals surface area contributed by atoms with Gasteiger partial charge in [0.05, 0.1) is 52.5 Å². The van der Waals surface area contributed by atoms with E-state index < -0.39 is 28.0 Å². The van der Waals surface area contributed by atoms with Crippen LogP contribution in [0.25, 0.3) is 0 Å². The van der Waals surface area contributed by atoms with Crippen LogP contribution >= 0.6 is 0 Å². The standard InChI is InChI=1S/C30H48N4O6S/c1-5-6-13-31(14-7-17-34(2,3)4)28(35)22-32-21-25(23-9-10-27-24(20-23)12-18-40-27)29(30(36)37)26(32)11-16-33-15-8-19-41(33,38)39/h9-10,20,25-26,29H,5-8,11-19,21-22H2,1-4H3/p+1/t25-,26+,29?/m1/s1. The highest BCUT2D eigenvalue weighted by atomic mass is 32.2. The molecule has 41 heavy (non-hydrogen) atoms. The summed E-state index contributed by atoms with van der Waals surface area (Å²) in [6.07, 6.45) is 4.57. The number of quaternary nitrogens is 1. The highest BCUT2D eigenvalue weighted by molar-refractivity contribution is 7.89. The fourth-order valence-corrected chi connectivity index (χ4v) is 8.11. The first-order valence-corrected chi connectivity index (χ1v) is 16.8. The molecule has 0 aliphatic carbocycles. The second-order valence-corrected chi connectivity index (χ2v) is 15.0. The molecule has 10 nitrogen and oxygen atoms in total. The van der Waals surface area contributed by atoms with Gasteiger partial charge in [0.2, 0.25) is 15.9 Å². The second kappa shape index (κ2) is 13.4. The normalized spacial score (nSPS) is 24.3. The fourth-order valence-electron chi connectivity index (χ4n) is 6.57. The van der Waals surface area contributed by atoms with Crippen molar-refractivity contribution in [3.63, 3.8) is 0 Å². The van der Waals surface area contributed by atoms with E-state index in [0.717, 1.165) is 53.6 Å². The molecule has 0 saturated carbocycles. The number of nitrogens with zero attached hydrogens (tertiary/aromatic N) is 4. The van der Waals surface area contributed by atoms with Gasteiger partial charge >= 0.3 is 5.97 Å². The van der Waals surface area contributed by atoms with Gasteiger partial charge in [-0.25, -0.2) is 12.7 Å². The molecule has 1 aromatic carbocycles. The number of fused-ring (bicyclic) bond motifs is 1. The molecular formula is C30H49N4O6S+. The van der Waals surface area contributed by atoms with Gasteiger partial charge in [-0.15, -0.1) is 0 Å². The summed E-state index contributed by atoms with van der Waals surface area (Å²) in [5, 5.41) is 10.5. The molecule has 11 heteroatoms. The average molecular weight is 594 g/mol. The summed E-state index contributed by atoms with van der Waals surface area (Å²) < 4.78 is 33.0. The maximum atomic E-state index is 13.8. The smallest absolute Gasteiger partial charge is 0.308 e. The van der Waals surface area contributed by atoms with Crippen molar-refractivity contribution < 1.29 is 32.3 Å². The first-order valence-electron chi connectivity index (χ1n) is 15.2. The minimum absolute atomic E-state index is 0.0193. The molecule has 3 aliphatic rings. The Bertz CT molecular complexity index is 1180. The molecule has 3 heterocycles. The monoisotopic (exact) mass is 593 g/mol. The van der Waals surface area contributed by atoms with Crippen LogP contribution in [0.1, 0.15) is 56.1 Å². The van der Waals surface area contributed by atoms with Crippen molar-refractivity contribution >= 4 is 21.9 Å². The SMILES string of the molecule is CCCCN(CCC[N+](C)(C)C)C(=O)CN1C[C@H](c2ccc3c(c2)CCO3)C(C(=O)O)[C@@H]1CCN1CCCS1(=O)=O. The zero-order chi connectivity index (χ0) is 29.8. The van der Waals surface area contributed by atoms with Crippen molar-refractivity contribution in [2.45, 2.75) is 57.4 Å². The third-order valence-electron chi connectivity index (χ3n) is 8.78. The minimum Gasteiger partial charge on any atom is -0.493 e. The number of rotatable bonds is 14. The van der Waals surface area contributed by atoms with E-state index in [-0.39, 0.29) is 30.7 Å². The maximum absolute atomic E-state index is 13.8. The van der Waals surface area contributed by atoms with Crippen LogP contribution in [0.3, 0.4) is 0 Å². The Kier molecular flexibility index (Phi) is 10.4. The molecule has 1 aromatic rings. The number of ether oxygens (including phenoxy) is 1. The second-order valence-electron chi connectivity index (χ2n) is 12.9. The molecule has 0 bridgehead atoms. The number of likely N-dealkylation sites (tertiary alicyclic amines) is 1. The summed E-state index contributed by atoms with van der Waals surface area (Å²) in [7, 11) is 3.13. The largest absolute Gasteiger partial charge is 0.493 e. The van der Waals surface area contributed by atoms with E-state index in [1.54, 1.807) is 0 Å². The molecule has 2 fully saturated rings. The number of hydrogen-bond acceptors (Lipinski definition) is 6. The molecule has 1 N–H and O–H groups in total. The predicted octanol–water partition coefficient (Wildman–Crippen LogP) is 2.24. The van der Waals surface area contributed by atoms with Crippen molar-refractivity contribution in [3.8, 4) is 5.75 Å².